The molecule has 0 unspecified atom stereocenters. The number of halogens is 3. The number of nitrogens with one attached hydrogen (secondary N) is 1. The molecule has 5 heteroatoms. The van der Waals surface area contributed by atoms with Crippen LogP contribution in [0.4, 0.5) is 4.39 Å². The highest BCUT2D eigenvalue weighted by atomic mass is 79.9. The van der Waals surface area contributed by atoms with Crippen molar-refractivity contribution in [2.45, 2.75) is 0 Å². The second-order valence-corrected chi connectivity index (χ2v) is 5.61. The van der Waals surface area contributed by atoms with Crippen LogP contribution in [0.15, 0.2) is 47.1 Å². The summed E-state index contributed by atoms with van der Waals surface area (Å²) in [6.45, 7) is 0. The molecule has 1 aromatic heterocycles. The molecule has 2 aromatic carbocycles. The third-order valence-corrected chi connectivity index (χ3v) is 4.00. The molecular formula is C15H8BrClFNO. The molecule has 3 rings (SSSR count). The van der Waals surface area contributed by atoms with Crippen LogP contribution in [0.25, 0.3) is 10.9 Å². The van der Waals surface area contributed by atoms with Gasteiger partial charge < -0.3 is 4.98 Å². The van der Waals surface area contributed by atoms with Gasteiger partial charge in [0.2, 0.25) is 0 Å². The average molecular weight is 353 g/mol. The number of carbonyl (C=O) groups excluding carboxylic acids is 1. The lowest BCUT2D eigenvalue weighted by Gasteiger charge is -2.04. The zero-order chi connectivity index (χ0) is 14.3. The van der Waals surface area contributed by atoms with E-state index in [0.717, 1.165) is 0 Å². The van der Waals surface area contributed by atoms with Crippen molar-refractivity contribution in [1.29, 1.82) is 0 Å². The molecule has 0 fully saturated rings. The maximum atomic E-state index is 13.9. The summed E-state index contributed by atoms with van der Waals surface area (Å²) in [5.41, 5.74) is 1.29. The van der Waals surface area contributed by atoms with E-state index in [9.17, 15) is 9.18 Å². The fourth-order valence-corrected chi connectivity index (χ4v) is 2.73. The fourth-order valence-electron chi connectivity index (χ4n) is 2.14. The van der Waals surface area contributed by atoms with Crippen molar-refractivity contribution >= 4 is 44.2 Å². The number of aromatic nitrogens is 1. The predicted octanol–water partition coefficient (Wildman–Crippen LogP) is 4.95. The normalized spacial score (nSPS) is 10.9. The molecule has 0 saturated heterocycles. The summed E-state index contributed by atoms with van der Waals surface area (Å²) in [5.74, 6) is -0.707. The number of aromatic amines is 1. The Morgan fingerprint density at radius 3 is 2.80 bits per heavy atom. The van der Waals surface area contributed by atoms with E-state index in [4.69, 9.17) is 11.6 Å². The van der Waals surface area contributed by atoms with Gasteiger partial charge in [-0.1, -0.05) is 33.6 Å². The number of H-pyrrole nitrogens is 1. The Morgan fingerprint density at radius 1 is 1.20 bits per heavy atom. The number of ketones is 1. The predicted molar refractivity (Wildman–Crippen MR) is 80.8 cm³/mol. The Hall–Kier alpha value is -1.65. The summed E-state index contributed by atoms with van der Waals surface area (Å²) in [7, 11) is 0. The van der Waals surface area contributed by atoms with E-state index >= 15 is 0 Å². The molecule has 0 amide bonds. The zero-order valence-electron chi connectivity index (χ0n) is 10.1. The SMILES string of the molecule is O=C(c1cc(Cl)ccc1Br)c1c[nH]c2cccc(F)c12. The lowest BCUT2D eigenvalue weighted by Crippen LogP contribution is -2.02. The van der Waals surface area contributed by atoms with E-state index in [0.29, 0.717) is 31.5 Å². The van der Waals surface area contributed by atoms with E-state index in [1.165, 1.54) is 12.3 Å². The number of hydrogen-bond acceptors (Lipinski definition) is 1. The molecular weight excluding hydrogens is 345 g/mol. The molecule has 0 bridgehead atoms. The third-order valence-electron chi connectivity index (χ3n) is 3.07. The second kappa shape index (κ2) is 5.04. The summed E-state index contributed by atoms with van der Waals surface area (Å²) in [4.78, 5) is 15.5. The minimum atomic E-state index is -0.426. The fraction of sp³-hybridized carbons (Fsp3) is 0. The number of fused-ring (bicyclic) bond motifs is 1. The van der Waals surface area contributed by atoms with Gasteiger partial charge in [0.15, 0.2) is 5.78 Å². The van der Waals surface area contributed by atoms with E-state index in [1.807, 2.05) is 0 Å². The van der Waals surface area contributed by atoms with E-state index in [-0.39, 0.29) is 5.78 Å². The summed E-state index contributed by atoms with van der Waals surface area (Å²) in [5, 5.41) is 0.751. The smallest absolute Gasteiger partial charge is 0.196 e. The molecule has 0 aliphatic carbocycles. The summed E-state index contributed by atoms with van der Waals surface area (Å²) >= 11 is 9.23. The monoisotopic (exact) mass is 351 g/mol. The maximum Gasteiger partial charge on any atom is 0.196 e. The van der Waals surface area contributed by atoms with E-state index in [1.54, 1.807) is 30.3 Å². The average Bonchev–Trinajstić information content (AvgIpc) is 2.86. The van der Waals surface area contributed by atoms with Crippen LogP contribution in [-0.2, 0) is 0 Å². The molecule has 0 spiro atoms. The second-order valence-electron chi connectivity index (χ2n) is 4.32. The molecule has 0 atom stereocenters. The molecule has 0 aliphatic rings. The lowest BCUT2D eigenvalue weighted by atomic mass is 10.0. The molecule has 0 radical (unpaired) electrons. The molecule has 100 valence electrons. The number of carbonyl (C=O) groups is 1. The molecule has 3 aromatic rings. The molecule has 1 N–H and O–H groups in total. The van der Waals surface area contributed by atoms with Crippen LogP contribution < -0.4 is 0 Å². The van der Waals surface area contributed by atoms with Crippen LogP contribution in [0.1, 0.15) is 15.9 Å². The molecule has 0 aliphatic heterocycles. The van der Waals surface area contributed by atoms with Crippen molar-refractivity contribution < 1.29 is 9.18 Å². The van der Waals surface area contributed by atoms with Crippen LogP contribution in [0.3, 0.4) is 0 Å². The standard InChI is InChI=1S/C15H8BrClFNO/c16-11-5-4-8(17)6-9(11)15(20)10-7-19-13-3-1-2-12(18)14(10)13/h1-7,19H. The highest BCUT2D eigenvalue weighted by Gasteiger charge is 2.19. The topological polar surface area (TPSA) is 32.9 Å². The molecule has 1 heterocycles. The number of benzene rings is 2. The summed E-state index contributed by atoms with van der Waals surface area (Å²) in [6.07, 6.45) is 1.52. The Balaban J connectivity index is 2.21. The molecule has 0 saturated carbocycles. The first kappa shape index (κ1) is 13.3. The first-order valence-corrected chi connectivity index (χ1v) is 7.00. The first-order chi connectivity index (χ1) is 9.58. The van der Waals surface area contributed by atoms with Gasteiger partial charge >= 0.3 is 0 Å². The van der Waals surface area contributed by atoms with E-state index in [2.05, 4.69) is 20.9 Å². The third kappa shape index (κ3) is 2.15. The zero-order valence-corrected chi connectivity index (χ0v) is 12.4. The van der Waals surface area contributed by atoms with Crippen LogP contribution >= 0.6 is 27.5 Å². The maximum absolute atomic E-state index is 13.9. The van der Waals surface area contributed by atoms with E-state index < -0.39 is 5.82 Å². The number of rotatable bonds is 2. The van der Waals surface area contributed by atoms with Crippen LogP contribution in [0.5, 0.6) is 0 Å². The van der Waals surface area contributed by atoms with Gasteiger partial charge in [0.25, 0.3) is 0 Å². The molecule has 2 nitrogen and oxygen atoms in total. The van der Waals surface area contributed by atoms with Gasteiger partial charge in [-0.2, -0.15) is 0 Å². The van der Waals surface area contributed by atoms with Gasteiger partial charge in [0.1, 0.15) is 5.82 Å². The number of hydrogen-bond donors (Lipinski definition) is 1. The molecule has 20 heavy (non-hydrogen) atoms. The van der Waals surface area contributed by atoms with Crippen LogP contribution in [0, 0.1) is 5.82 Å². The highest BCUT2D eigenvalue weighted by molar-refractivity contribution is 9.10. The quantitative estimate of drug-likeness (QED) is 0.650. The highest BCUT2D eigenvalue weighted by Crippen LogP contribution is 2.28. The Morgan fingerprint density at radius 2 is 2.00 bits per heavy atom. The largest absolute Gasteiger partial charge is 0.360 e. The summed E-state index contributed by atoms with van der Waals surface area (Å²) in [6, 6.07) is 9.59. The van der Waals surface area contributed by atoms with Gasteiger partial charge in [0.05, 0.1) is 5.56 Å². The van der Waals surface area contributed by atoms with Crippen molar-refractivity contribution in [3.63, 3.8) is 0 Å². The lowest BCUT2D eigenvalue weighted by molar-refractivity contribution is 0.103. The first-order valence-electron chi connectivity index (χ1n) is 5.83. The Labute approximate surface area is 127 Å². The van der Waals surface area contributed by atoms with Crippen molar-refractivity contribution in [2.75, 3.05) is 0 Å². The van der Waals surface area contributed by atoms with Gasteiger partial charge in [-0.05, 0) is 30.3 Å². The van der Waals surface area contributed by atoms with Crippen molar-refractivity contribution in [3.8, 4) is 0 Å². The Bertz CT molecular complexity index is 828. The Kier molecular flexibility index (Phi) is 3.36. The minimum absolute atomic E-state index is 0.282. The van der Waals surface area contributed by atoms with Crippen molar-refractivity contribution in [1.82, 2.24) is 4.98 Å². The summed E-state index contributed by atoms with van der Waals surface area (Å²) < 4.78 is 14.5. The minimum Gasteiger partial charge on any atom is -0.360 e. The van der Waals surface area contributed by atoms with Crippen molar-refractivity contribution in [3.05, 3.63) is 69.0 Å². The van der Waals surface area contributed by atoms with Gasteiger partial charge in [-0.25, -0.2) is 4.39 Å². The van der Waals surface area contributed by atoms with Crippen molar-refractivity contribution in [2.24, 2.45) is 0 Å². The van der Waals surface area contributed by atoms with Gasteiger partial charge in [-0.15, -0.1) is 0 Å². The van der Waals surface area contributed by atoms with Crippen LogP contribution in [-0.4, -0.2) is 10.8 Å². The van der Waals surface area contributed by atoms with Crippen LogP contribution in [0.2, 0.25) is 5.02 Å². The van der Waals surface area contributed by atoms with Gasteiger partial charge in [-0.3, -0.25) is 4.79 Å². The van der Waals surface area contributed by atoms with Gasteiger partial charge in [0, 0.05) is 32.2 Å².